The summed E-state index contributed by atoms with van der Waals surface area (Å²) in [5, 5.41) is -0.606. The minimum Gasteiger partial charge on any atom is -0.448 e. The maximum atomic E-state index is 10.9. The van der Waals surface area contributed by atoms with Crippen molar-refractivity contribution in [1.82, 2.24) is 4.90 Å². The maximum Gasteiger partial charge on any atom is 0.364 e. The molecule has 0 radical (unpaired) electrons. The van der Waals surface area contributed by atoms with Crippen molar-refractivity contribution in [2.75, 3.05) is 0 Å². The molecule has 1 saturated heterocycles. The number of amides is 1. The standard InChI is InChI=1S/C7H7NO3S/c9-6-3-4-5(11-7(10)12)1-2-8(4)6/h1-2,4-5H,3H2,(H,10,12). The molecule has 1 fully saturated rings. The van der Waals surface area contributed by atoms with Gasteiger partial charge in [-0.1, -0.05) is 12.6 Å². The predicted octanol–water partition coefficient (Wildman–Crippen LogP) is 0.550. The largest absolute Gasteiger partial charge is 0.448 e. The van der Waals surface area contributed by atoms with E-state index in [1.54, 1.807) is 17.2 Å². The zero-order chi connectivity index (χ0) is 8.72. The van der Waals surface area contributed by atoms with Crippen molar-refractivity contribution in [2.45, 2.75) is 18.6 Å². The molecule has 0 aromatic heterocycles. The molecule has 12 heavy (non-hydrogen) atoms. The van der Waals surface area contributed by atoms with Crippen LogP contribution >= 0.6 is 12.6 Å². The van der Waals surface area contributed by atoms with E-state index in [2.05, 4.69) is 12.6 Å². The number of β-lactam (4-membered cyclic amide) rings is 1. The van der Waals surface area contributed by atoms with Crippen molar-refractivity contribution in [3.05, 3.63) is 12.3 Å². The van der Waals surface area contributed by atoms with E-state index in [-0.39, 0.29) is 18.1 Å². The van der Waals surface area contributed by atoms with Crippen LogP contribution in [0.5, 0.6) is 0 Å². The van der Waals surface area contributed by atoms with Gasteiger partial charge in [0.2, 0.25) is 5.91 Å². The van der Waals surface area contributed by atoms with Crippen molar-refractivity contribution in [2.24, 2.45) is 0 Å². The molecule has 0 N–H and O–H groups in total. The van der Waals surface area contributed by atoms with E-state index in [1.807, 2.05) is 0 Å². The summed E-state index contributed by atoms with van der Waals surface area (Å²) in [7, 11) is 0. The predicted molar refractivity (Wildman–Crippen MR) is 43.6 cm³/mol. The highest BCUT2D eigenvalue weighted by Gasteiger charge is 2.44. The molecule has 2 atom stereocenters. The molecule has 2 aliphatic heterocycles. The number of carbonyl (C=O) groups is 2. The molecule has 2 heterocycles. The molecular formula is C7H7NO3S. The van der Waals surface area contributed by atoms with Crippen LogP contribution in [0, 0.1) is 0 Å². The highest BCUT2D eigenvalue weighted by Crippen LogP contribution is 2.30. The van der Waals surface area contributed by atoms with E-state index < -0.39 is 5.30 Å². The van der Waals surface area contributed by atoms with Crippen molar-refractivity contribution in [1.29, 1.82) is 0 Å². The molecule has 0 saturated carbocycles. The first kappa shape index (κ1) is 7.67. The lowest BCUT2D eigenvalue weighted by Crippen LogP contribution is -2.51. The molecule has 0 aromatic rings. The topological polar surface area (TPSA) is 46.6 Å². The molecule has 0 aliphatic carbocycles. The summed E-state index contributed by atoms with van der Waals surface area (Å²) in [5.74, 6) is 0.0777. The van der Waals surface area contributed by atoms with Crippen molar-refractivity contribution in [3.8, 4) is 0 Å². The first-order valence-corrected chi connectivity index (χ1v) is 4.02. The molecule has 2 rings (SSSR count). The van der Waals surface area contributed by atoms with Crippen LogP contribution in [0.2, 0.25) is 0 Å². The minimum atomic E-state index is -0.606. The van der Waals surface area contributed by atoms with E-state index in [1.165, 1.54) is 0 Å². The molecule has 2 aliphatic rings. The molecule has 1 amide bonds. The zero-order valence-corrected chi connectivity index (χ0v) is 7.03. The van der Waals surface area contributed by atoms with Gasteiger partial charge < -0.3 is 9.64 Å². The van der Waals surface area contributed by atoms with Gasteiger partial charge in [0.1, 0.15) is 6.10 Å². The molecular weight excluding hydrogens is 178 g/mol. The highest BCUT2D eigenvalue weighted by atomic mass is 32.1. The Morgan fingerprint density at radius 1 is 1.75 bits per heavy atom. The Morgan fingerprint density at radius 2 is 2.50 bits per heavy atom. The second-order valence-electron chi connectivity index (χ2n) is 2.76. The molecule has 2 unspecified atom stereocenters. The lowest BCUT2D eigenvalue weighted by atomic mass is 10.0. The van der Waals surface area contributed by atoms with E-state index in [0.717, 1.165) is 0 Å². The van der Waals surface area contributed by atoms with Gasteiger partial charge in [-0.25, -0.2) is 4.79 Å². The molecule has 4 nitrogen and oxygen atoms in total. The Kier molecular flexibility index (Phi) is 1.61. The maximum absolute atomic E-state index is 10.9. The Balaban J connectivity index is 2.00. The minimum absolute atomic E-state index is 0.0219. The van der Waals surface area contributed by atoms with Crippen LogP contribution in [0.1, 0.15) is 6.42 Å². The first-order chi connectivity index (χ1) is 5.68. The van der Waals surface area contributed by atoms with Crippen LogP contribution in [0.15, 0.2) is 12.3 Å². The fourth-order valence-electron chi connectivity index (χ4n) is 1.46. The summed E-state index contributed by atoms with van der Waals surface area (Å²) >= 11 is 3.49. The fraction of sp³-hybridized carbons (Fsp3) is 0.429. The summed E-state index contributed by atoms with van der Waals surface area (Å²) in [6.45, 7) is 0. The Morgan fingerprint density at radius 3 is 3.00 bits per heavy atom. The lowest BCUT2D eigenvalue weighted by Gasteiger charge is -2.35. The van der Waals surface area contributed by atoms with Gasteiger partial charge in [-0.2, -0.15) is 0 Å². The fourth-order valence-corrected chi connectivity index (χ4v) is 1.59. The Labute approximate surface area is 74.6 Å². The van der Waals surface area contributed by atoms with Gasteiger partial charge in [0.15, 0.2) is 0 Å². The second-order valence-corrected chi connectivity index (χ2v) is 3.13. The van der Waals surface area contributed by atoms with Crippen LogP contribution < -0.4 is 0 Å². The number of hydrogen-bond donors (Lipinski definition) is 1. The van der Waals surface area contributed by atoms with Gasteiger partial charge in [0.05, 0.1) is 12.5 Å². The van der Waals surface area contributed by atoms with Gasteiger partial charge in [-0.15, -0.1) is 0 Å². The van der Waals surface area contributed by atoms with Crippen LogP contribution in [0.3, 0.4) is 0 Å². The Hall–Kier alpha value is -0.970. The van der Waals surface area contributed by atoms with Gasteiger partial charge in [-0.05, 0) is 6.08 Å². The van der Waals surface area contributed by atoms with Crippen LogP contribution in [0.4, 0.5) is 4.79 Å². The summed E-state index contributed by atoms with van der Waals surface area (Å²) in [5.41, 5.74) is 0. The molecule has 64 valence electrons. The van der Waals surface area contributed by atoms with Crippen molar-refractivity contribution < 1.29 is 14.3 Å². The first-order valence-electron chi connectivity index (χ1n) is 3.57. The number of fused-ring (bicyclic) bond motifs is 1. The van der Waals surface area contributed by atoms with Crippen molar-refractivity contribution >= 4 is 23.8 Å². The third-order valence-corrected chi connectivity index (χ3v) is 2.19. The van der Waals surface area contributed by atoms with E-state index in [9.17, 15) is 9.59 Å². The second kappa shape index (κ2) is 2.52. The van der Waals surface area contributed by atoms with E-state index >= 15 is 0 Å². The molecule has 0 aromatic carbocycles. The summed E-state index contributed by atoms with van der Waals surface area (Å²) in [4.78, 5) is 22.9. The lowest BCUT2D eigenvalue weighted by molar-refractivity contribution is -0.143. The van der Waals surface area contributed by atoms with Gasteiger partial charge in [-0.3, -0.25) is 4.79 Å². The average Bonchev–Trinajstić information content (AvgIpc) is 2.26. The third kappa shape index (κ3) is 1.01. The number of ether oxygens (including phenoxy) is 1. The number of carbonyl (C=O) groups excluding carboxylic acids is 2. The number of rotatable bonds is 1. The van der Waals surface area contributed by atoms with Crippen molar-refractivity contribution in [3.63, 3.8) is 0 Å². The number of nitrogens with zero attached hydrogens (tertiary/aromatic N) is 1. The molecule has 0 bridgehead atoms. The monoisotopic (exact) mass is 185 g/mol. The number of thiol groups is 1. The van der Waals surface area contributed by atoms with Gasteiger partial charge >= 0.3 is 5.30 Å². The Bertz CT molecular complexity index is 276. The summed E-state index contributed by atoms with van der Waals surface area (Å²) in [6, 6.07) is 0.0219. The van der Waals surface area contributed by atoms with E-state index in [0.29, 0.717) is 6.42 Å². The summed E-state index contributed by atoms with van der Waals surface area (Å²) < 4.78 is 4.84. The number of hydrogen-bond acceptors (Lipinski definition) is 3. The molecule has 5 heteroatoms. The SMILES string of the molecule is O=C(S)OC1C=CN2C(=O)CC12. The third-order valence-electron chi connectivity index (χ3n) is 2.08. The normalized spacial score (nSPS) is 31.4. The van der Waals surface area contributed by atoms with Crippen LogP contribution in [-0.2, 0) is 9.53 Å². The van der Waals surface area contributed by atoms with Crippen LogP contribution in [0.25, 0.3) is 0 Å². The average molecular weight is 185 g/mol. The summed E-state index contributed by atoms with van der Waals surface area (Å²) in [6.07, 6.45) is 3.51. The molecule has 0 spiro atoms. The smallest absolute Gasteiger partial charge is 0.364 e. The van der Waals surface area contributed by atoms with Gasteiger partial charge in [0, 0.05) is 6.20 Å². The van der Waals surface area contributed by atoms with Crippen LogP contribution in [-0.4, -0.2) is 28.3 Å². The highest BCUT2D eigenvalue weighted by molar-refractivity contribution is 7.96. The zero-order valence-electron chi connectivity index (χ0n) is 6.14. The quantitative estimate of drug-likeness (QED) is 0.368. The van der Waals surface area contributed by atoms with Gasteiger partial charge in [0.25, 0.3) is 0 Å². The van der Waals surface area contributed by atoms with E-state index in [4.69, 9.17) is 4.74 Å².